The summed E-state index contributed by atoms with van der Waals surface area (Å²) in [5.41, 5.74) is 2.16. The van der Waals surface area contributed by atoms with Gasteiger partial charge in [-0.1, -0.05) is 6.07 Å². The van der Waals surface area contributed by atoms with E-state index in [9.17, 15) is 4.79 Å². The third kappa shape index (κ3) is 2.81. The molecule has 0 aromatic carbocycles. The van der Waals surface area contributed by atoms with E-state index in [4.69, 9.17) is 4.74 Å². The summed E-state index contributed by atoms with van der Waals surface area (Å²) < 4.78 is 7.23. The minimum absolute atomic E-state index is 0. The van der Waals surface area contributed by atoms with Crippen molar-refractivity contribution in [3.63, 3.8) is 0 Å². The second-order valence-electron chi connectivity index (χ2n) is 3.82. The highest BCUT2D eigenvalue weighted by Crippen LogP contribution is 2.17. The zero-order valence-electron chi connectivity index (χ0n) is 9.31. The molecule has 1 aliphatic heterocycles. The molecule has 0 saturated heterocycles. The Kier molecular flexibility index (Phi) is 4.46. The fourth-order valence-electron chi connectivity index (χ4n) is 1.71. The van der Waals surface area contributed by atoms with Crippen molar-refractivity contribution in [3.05, 3.63) is 41.7 Å². The standard InChI is InChI=1S/C12H14NO2.HI/c1-9-7-12(14)15-11(9)8-10-5-3-4-6-13(10)2;/h3-7,11H,8H2,1-2H3;1H/q+1;/p-1. The van der Waals surface area contributed by atoms with Gasteiger partial charge in [0, 0.05) is 18.2 Å². The van der Waals surface area contributed by atoms with Crippen molar-refractivity contribution in [1.82, 2.24) is 0 Å². The Labute approximate surface area is 112 Å². The van der Waals surface area contributed by atoms with Gasteiger partial charge >= 0.3 is 5.97 Å². The van der Waals surface area contributed by atoms with Crippen LogP contribution in [0.2, 0.25) is 0 Å². The molecule has 2 rings (SSSR count). The topological polar surface area (TPSA) is 30.2 Å². The van der Waals surface area contributed by atoms with E-state index >= 15 is 0 Å². The normalized spacial score (nSPS) is 18.8. The summed E-state index contributed by atoms with van der Waals surface area (Å²) in [4.78, 5) is 11.0. The third-order valence-corrected chi connectivity index (χ3v) is 2.67. The van der Waals surface area contributed by atoms with Gasteiger partial charge in [-0.25, -0.2) is 9.36 Å². The summed E-state index contributed by atoms with van der Waals surface area (Å²) >= 11 is 0. The van der Waals surface area contributed by atoms with Crippen LogP contribution in [0.15, 0.2) is 36.0 Å². The molecule has 0 bridgehead atoms. The highest BCUT2D eigenvalue weighted by molar-refractivity contribution is 5.85. The largest absolute Gasteiger partial charge is 1.00 e. The predicted octanol–water partition coefficient (Wildman–Crippen LogP) is -2.07. The highest BCUT2D eigenvalue weighted by Gasteiger charge is 2.25. The first kappa shape index (κ1) is 13.2. The van der Waals surface area contributed by atoms with Gasteiger partial charge in [-0.15, -0.1) is 0 Å². The number of hydrogen-bond donors (Lipinski definition) is 0. The maximum atomic E-state index is 11.0. The van der Waals surface area contributed by atoms with E-state index in [1.54, 1.807) is 6.08 Å². The lowest BCUT2D eigenvalue weighted by molar-refractivity contribution is -0.679. The summed E-state index contributed by atoms with van der Waals surface area (Å²) in [5.74, 6) is -0.226. The number of hydrogen-bond acceptors (Lipinski definition) is 2. The number of rotatable bonds is 2. The molecular weight excluding hydrogens is 317 g/mol. The summed E-state index contributed by atoms with van der Waals surface area (Å²) in [5, 5.41) is 0. The molecule has 0 amide bonds. The lowest BCUT2D eigenvalue weighted by atomic mass is 10.1. The van der Waals surface area contributed by atoms with Crippen LogP contribution in [0.25, 0.3) is 0 Å². The van der Waals surface area contributed by atoms with Gasteiger partial charge in [-0.2, -0.15) is 0 Å². The van der Waals surface area contributed by atoms with E-state index in [2.05, 4.69) is 0 Å². The fourth-order valence-corrected chi connectivity index (χ4v) is 1.71. The predicted molar refractivity (Wildman–Crippen MR) is 55.0 cm³/mol. The zero-order chi connectivity index (χ0) is 10.8. The van der Waals surface area contributed by atoms with Gasteiger partial charge in [-0.05, 0) is 12.5 Å². The van der Waals surface area contributed by atoms with Gasteiger partial charge < -0.3 is 28.7 Å². The molecule has 4 heteroatoms. The van der Waals surface area contributed by atoms with Crippen LogP contribution in [-0.4, -0.2) is 12.1 Å². The smallest absolute Gasteiger partial charge is 0.331 e. The molecular formula is C12H14INO2. The average molecular weight is 331 g/mol. The lowest BCUT2D eigenvalue weighted by Crippen LogP contribution is -3.00. The number of pyridine rings is 1. The van der Waals surface area contributed by atoms with Crippen LogP contribution < -0.4 is 28.5 Å². The van der Waals surface area contributed by atoms with Crippen molar-refractivity contribution in [2.75, 3.05) is 0 Å². The number of esters is 1. The molecule has 3 nitrogen and oxygen atoms in total. The van der Waals surface area contributed by atoms with Crippen LogP contribution in [-0.2, 0) is 23.0 Å². The number of halogens is 1. The van der Waals surface area contributed by atoms with Crippen molar-refractivity contribution in [2.24, 2.45) is 7.05 Å². The molecule has 0 N–H and O–H groups in total. The van der Waals surface area contributed by atoms with Crippen molar-refractivity contribution in [3.8, 4) is 0 Å². The molecule has 0 aliphatic carbocycles. The van der Waals surface area contributed by atoms with Crippen molar-refractivity contribution in [2.45, 2.75) is 19.4 Å². The minimum Gasteiger partial charge on any atom is -1.00 e. The van der Waals surface area contributed by atoms with E-state index in [1.807, 2.05) is 42.9 Å². The van der Waals surface area contributed by atoms with Crippen LogP contribution in [0, 0.1) is 0 Å². The number of aryl methyl sites for hydroxylation is 1. The van der Waals surface area contributed by atoms with E-state index in [0.717, 1.165) is 17.7 Å². The van der Waals surface area contributed by atoms with E-state index in [-0.39, 0.29) is 36.0 Å². The zero-order valence-corrected chi connectivity index (χ0v) is 11.5. The van der Waals surface area contributed by atoms with Crippen molar-refractivity contribution < 1.29 is 38.1 Å². The van der Waals surface area contributed by atoms with Crippen LogP contribution in [0.1, 0.15) is 12.6 Å². The number of ether oxygens (including phenoxy) is 1. The Morgan fingerprint density at radius 3 is 2.75 bits per heavy atom. The van der Waals surface area contributed by atoms with Gasteiger partial charge in [0.15, 0.2) is 11.9 Å². The molecule has 1 aromatic heterocycles. The maximum Gasteiger partial charge on any atom is 0.331 e. The Morgan fingerprint density at radius 1 is 1.44 bits per heavy atom. The molecule has 0 saturated carbocycles. The van der Waals surface area contributed by atoms with Gasteiger partial charge in [-0.3, -0.25) is 0 Å². The van der Waals surface area contributed by atoms with Crippen LogP contribution in [0.4, 0.5) is 0 Å². The first-order chi connectivity index (χ1) is 7.16. The average Bonchev–Trinajstić information content (AvgIpc) is 2.49. The number of carbonyl (C=O) groups excluding carboxylic acids is 1. The molecule has 0 fully saturated rings. The Hall–Kier alpha value is -0.910. The first-order valence-electron chi connectivity index (χ1n) is 4.99. The quantitative estimate of drug-likeness (QED) is 0.354. The summed E-state index contributed by atoms with van der Waals surface area (Å²) in [6, 6.07) is 6.01. The van der Waals surface area contributed by atoms with E-state index in [1.165, 1.54) is 0 Å². The monoisotopic (exact) mass is 331 g/mol. The number of nitrogens with zero attached hydrogens (tertiary/aromatic N) is 1. The fraction of sp³-hybridized carbons (Fsp3) is 0.333. The summed E-state index contributed by atoms with van der Waals surface area (Å²) in [6.45, 7) is 1.93. The van der Waals surface area contributed by atoms with E-state index < -0.39 is 0 Å². The number of cyclic esters (lactones) is 1. The highest BCUT2D eigenvalue weighted by atomic mass is 127. The maximum absolute atomic E-state index is 11.0. The van der Waals surface area contributed by atoms with E-state index in [0.29, 0.717) is 0 Å². The Morgan fingerprint density at radius 2 is 2.19 bits per heavy atom. The second-order valence-corrected chi connectivity index (χ2v) is 3.82. The van der Waals surface area contributed by atoms with Crippen LogP contribution >= 0.6 is 0 Å². The van der Waals surface area contributed by atoms with Crippen molar-refractivity contribution >= 4 is 5.97 Å². The van der Waals surface area contributed by atoms with Gasteiger partial charge in [0.25, 0.3) is 0 Å². The van der Waals surface area contributed by atoms with Crippen LogP contribution in [0.3, 0.4) is 0 Å². The summed E-state index contributed by atoms with van der Waals surface area (Å²) in [7, 11) is 1.99. The molecule has 2 heterocycles. The second kappa shape index (κ2) is 5.43. The molecule has 1 aromatic rings. The van der Waals surface area contributed by atoms with Crippen molar-refractivity contribution in [1.29, 1.82) is 0 Å². The number of aromatic nitrogens is 1. The molecule has 0 radical (unpaired) electrons. The molecule has 0 spiro atoms. The molecule has 16 heavy (non-hydrogen) atoms. The molecule has 1 aliphatic rings. The molecule has 86 valence electrons. The SMILES string of the molecule is CC1=CC(=O)OC1Cc1cccc[n+]1C.[I-]. The third-order valence-electron chi connectivity index (χ3n) is 2.67. The Balaban J connectivity index is 0.00000128. The molecule has 1 atom stereocenters. The lowest BCUT2D eigenvalue weighted by Gasteiger charge is -2.09. The van der Waals surface area contributed by atoms with Gasteiger partial charge in [0.05, 0.1) is 6.42 Å². The number of carbonyl (C=O) groups is 1. The van der Waals surface area contributed by atoms with Gasteiger partial charge in [0.2, 0.25) is 0 Å². The first-order valence-corrected chi connectivity index (χ1v) is 4.99. The Bertz CT molecular complexity index is 429. The summed E-state index contributed by atoms with van der Waals surface area (Å²) in [6.07, 6.45) is 4.20. The van der Waals surface area contributed by atoms with Gasteiger partial charge in [0.1, 0.15) is 13.2 Å². The molecule has 1 unspecified atom stereocenters. The minimum atomic E-state index is -0.226. The van der Waals surface area contributed by atoms with Crippen LogP contribution in [0.5, 0.6) is 0 Å².